The van der Waals surface area contributed by atoms with Gasteiger partial charge in [0.05, 0.1) is 54.4 Å². The zero-order chi connectivity index (χ0) is 14.6. The summed E-state index contributed by atoms with van der Waals surface area (Å²) in [4.78, 5) is 5.33. The highest BCUT2D eigenvalue weighted by Gasteiger charge is 2.25. The van der Waals surface area contributed by atoms with Crippen molar-refractivity contribution in [3.05, 3.63) is 0 Å². The van der Waals surface area contributed by atoms with Crippen molar-refractivity contribution in [2.75, 3.05) is 93.6 Å². The molecule has 4 nitrogen and oxygen atoms in total. The number of nitrogens with zero attached hydrogens (tertiary/aromatic N) is 4. The molecule has 0 aromatic carbocycles. The molecule has 0 aliphatic carbocycles. The molecule has 0 amide bonds. The van der Waals surface area contributed by atoms with Crippen LogP contribution < -0.4 is 0 Å². The lowest BCUT2D eigenvalue weighted by Gasteiger charge is -2.40. The van der Waals surface area contributed by atoms with Gasteiger partial charge in [-0.3, -0.25) is 9.80 Å². The summed E-state index contributed by atoms with van der Waals surface area (Å²) in [5.41, 5.74) is 0. The van der Waals surface area contributed by atoms with E-state index in [9.17, 15) is 0 Å². The molecular formula is C16H36N4+2. The van der Waals surface area contributed by atoms with Gasteiger partial charge in [0.25, 0.3) is 0 Å². The van der Waals surface area contributed by atoms with Gasteiger partial charge < -0.3 is 8.97 Å². The molecule has 20 heavy (non-hydrogen) atoms. The maximum absolute atomic E-state index is 2.67. The van der Waals surface area contributed by atoms with Gasteiger partial charge in [0, 0.05) is 26.2 Å². The van der Waals surface area contributed by atoms with Gasteiger partial charge in [-0.15, -0.1) is 0 Å². The predicted molar refractivity (Wildman–Crippen MR) is 85.8 cm³/mol. The Morgan fingerprint density at radius 2 is 0.900 bits per heavy atom. The molecule has 2 fully saturated rings. The number of piperazine rings is 2. The summed E-state index contributed by atoms with van der Waals surface area (Å²) in [5.74, 6) is 0. The van der Waals surface area contributed by atoms with E-state index in [1.165, 1.54) is 87.3 Å². The Labute approximate surface area is 126 Å². The molecule has 2 rings (SSSR count). The van der Waals surface area contributed by atoms with Gasteiger partial charge >= 0.3 is 0 Å². The molecule has 2 heterocycles. The second-order valence-electron chi connectivity index (χ2n) is 8.16. The molecule has 0 aromatic rings. The van der Waals surface area contributed by atoms with Crippen molar-refractivity contribution in [1.82, 2.24) is 9.80 Å². The fraction of sp³-hybridized carbons (Fsp3) is 1.00. The molecule has 2 saturated heterocycles. The molecule has 0 unspecified atom stereocenters. The topological polar surface area (TPSA) is 6.48 Å². The van der Waals surface area contributed by atoms with Crippen LogP contribution in [0.5, 0.6) is 0 Å². The van der Waals surface area contributed by atoms with Gasteiger partial charge in [0.1, 0.15) is 0 Å². The summed E-state index contributed by atoms with van der Waals surface area (Å²) < 4.78 is 2.41. The zero-order valence-corrected chi connectivity index (χ0v) is 14.3. The molecule has 0 radical (unpaired) electrons. The molecule has 0 saturated carbocycles. The minimum atomic E-state index is 1.21. The first kappa shape index (κ1) is 16.2. The molecule has 0 bridgehead atoms. The summed E-state index contributed by atoms with van der Waals surface area (Å²) in [6.45, 7) is 13.1. The SMILES string of the molecule is C[N+]1(C)CCN(CCCCN2CC[N+](C)(C)CC2)CC1. The summed E-state index contributed by atoms with van der Waals surface area (Å²) in [6.07, 6.45) is 2.75. The third-order valence-electron chi connectivity index (χ3n) is 5.28. The summed E-state index contributed by atoms with van der Waals surface area (Å²) in [6, 6.07) is 0. The molecule has 2 aliphatic heterocycles. The Bertz CT molecular complexity index is 251. The normalized spacial score (nSPS) is 27.6. The Morgan fingerprint density at radius 3 is 1.20 bits per heavy atom. The van der Waals surface area contributed by atoms with Crippen molar-refractivity contribution in [3.63, 3.8) is 0 Å². The van der Waals surface area contributed by atoms with Crippen LogP contribution in [0.1, 0.15) is 12.8 Å². The summed E-state index contributed by atoms with van der Waals surface area (Å²) >= 11 is 0. The van der Waals surface area contributed by atoms with E-state index in [1.807, 2.05) is 0 Å². The van der Waals surface area contributed by atoms with Crippen molar-refractivity contribution in [3.8, 4) is 0 Å². The van der Waals surface area contributed by atoms with E-state index < -0.39 is 0 Å². The van der Waals surface area contributed by atoms with Gasteiger partial charge in [0.15, 0.2) is 0 Å². The average molecular weight is 284 g/mol. The number of rotatable bonds is 5. The van der Waals surface area contributed by atoms with Gasteiger partial charge in [-0.25, -0.2) is 0 Å². The Hall–Kier alpha value is -0.160. The lowest BCUT2D eigenvalue weighted by atomic mass is 10.2. The molecule has 0 aromatic heterocycles. The van der Waals surface area contributed by atoms with Crippen LogP contribution in [0, 0.1) is 0 Å². The fourth-order valence-corrected chi connectivity index (χ4v) is 3.21. The van der Waals surface area contributed by atoms with Crippen molar-refractivity contribution < 1.29 is 8.97 Å². The first-order valence-electron chi connectivity index (χ1n) is 8.45. The van der Waals surface area contributed by atoms with Crippen LogP contribution in [0.4, 0.5) is 0 Å². The first-order chi connectivity index (χ1) is 9.36. The summed E-state index contributed by atoms with van der Waals surface area (Å²) in [7, 11) is 9.42. The number of likely N-dealkylation sites (N-methyl/N-ethyl adjacent to an activating group) is 2. The third kappa shape index (κ3) is 5.32. The van der Waals surface area contributed by atoms with Gasteiger partial charge in [-0.2, -0.15) is 0 Å². The van der Waals surface area contributed by atoms with E-state index in [4.69, 9.17) is 0 Å². The van der Waals surface area contributed by atoms with Crippen LogP contribution in [0.3, 0.4) is 0 Å². The predicted octanol–water partition coefficient (Wildman–Crippen LogP) is 0.551. The minimum absolute atomic E-state index is 1.21. The van der Waals surface area contributed by atoms with E-state index in [0.717, 1.165) is 0 Å². The number of quaternary nitrogens is 2. The number of unbranched alkanes of at least 4 members (excludes halogenated alkanes) is 1. The van der Waals surface area contributed by atoms with E-state index >= 15 is 0 Å². The van der Waals surface area contributed by atoms with Crippen LogP contribution in [-0.2, 0) is 0 Å². The van der Waals surface area contributed by atoms with E-state index in [2.05, 4.69) is 38.0 Å². The van der Waals surface area contributed by atoms with Crippen LogP contribution in [0.15, 0.2) is 0 Å². The van der Waals surface area contributed by atoms with Crippen LogP contribution in [-0.4, -0.2) is 112 Å². The van der Waals surface area contributed by atoms with Crippen molar-refractivity contribution in [1.29, 1.82) is 0 Å². The van der Waals surface area contributed by atoms with Crippen LogP contribution >= 0.6 is 0 Å². The zero-order valence-electron chi connectivity index (χ0n) is 14.3. The average Bonchev–Trinajstić information content (AvgIpc) is 2.38. The molecule has 0 N–H and O–H groups in total. The van der Waals surface area contributed by atoms with Gasteiger partial charge in [-0.1, -0.05) is 0 Å². The molecule has 118 valence electrons. The smallest absolute Gasteiger partial charge is 0.0912 e. The largest absolute Gasteiger partial charge is 0.326 e. The Kier molecular flexibility index (Phi) is 5.46. The van der Waals surface area contributed by atoms with E-state index in [0.29, 0.717) is 0 Å². The number of hydrogen-bond acceptors (Lipinski definition) is 2. The van der Waals surface area contributed by atoms with E-state index in [1.54, 1.807) is 0 Å². The minimum Gasteiger partial charge on any atom is -0.326 e. The molecular weight excluding hydrogens is 248 g/mol. The third-order valence-corrected chi connectivity index (χ3v) is 5.28. The number of hydrogen-bond donors (Lipinski definition) is 0. The van der Waals surface area contributed by atoms with Gasteiger partial charge in [-0.05, 0) is 25.9 Å². The van der Waals surface area contributed by atoms with Crippen LogP contribution in [0.25, 0.3) is 0 Å². The van der Waals surface area contributed by atoms with E-state index in [-0.39, 0.29) is 0 Å². The Morgan fingerprint density at radius 1 is 0.600 bits per heavy atom. The molecule has 0 atom stereocenters. The van der Waals surface area contributed by atoms with Crippen LogP contribution in [0.2, 0.25) is 0 Å². The molecule has 4 heteroatoms. The lowest BCUT2D eigenvalue weighted by molar-refractivity contribution is -0.894. The first-order valence-corrected chi connectivity index (χ1v) is 8.45. The fourth-order valence-electron chi connectivity index (χ4n) is 3.21. The lowest BCUT2D eigenvalue weighted by Crippen LogP contribution is -2.55. The highest BCUT2D eigenvalue weighted by Crippen LogP contribution is 2.10. The monoisotopic (exact) mass is 284 g/mol. The maximum atomic E-state index is 2.67. The highest BCUT2D eigenvalue weighted by atomic mass is 15.4. The second kappa shape index (κ2) is 6.73. The van der Waals surface area contributed by atoms with Crippen molar-refractivity contribution in [2.45, 2.75) is 12.8 Å². The molecule has 2 aliphatic rings. The highest BCUT2D eigenvalue weighted by molar-refractivity contribution is 4.65. The maximum Gasteiger partial charge on any atom is 0.0912 e. The Balaban J connectivity index is 1.52. The van der Waals surface area contributed by atoms with Crippen molar-refractivity contribution in [2.24, 2.45) is 0 Å². The van der Waals surface area contributed by atoms with Gasteiger partial charge in [0.2, 0.25) is 0 Å². The summed E-state index contributed by atoms with van der Waals surface area (Å²) in [5, 5.41) is 0. The second-order valence-corrected chi connectivity index (χ2v) is 8.16. The van der Waals surface area contributed by atoms with Crippen molar-refractivity contribution >= 4 is 0 Å². The quantitative estimate of drug-likeness (QED) is 0.537. The molecule has 0 spiro atoms. The standard InChI is InChI=1S/C16H36N4/c1-19(2)13-9-17(10-14-19)7-5-6-8-18-11-15-20(3,4)16-12-18/h5-16H2,1-4H3/q+2.